The van der Waals surface area contributed by atoms with Crippen molar-refractivity contribution in [2.45, 2.75) is 19.1 Å². The molecule has 2 atom stereocenters. The summed E-state index contributed by atoms with van der Waals surface area (Å²) < 4.78 is 5.69. The second kappa shape index (κ2) is 7.92. The molecule has 0 aliphatic heterocycles. The van der Waals surface area contributed by atoms with E-state index in [-0.39, 0.29) is 24.8 Å². The zero-order chi connectivity index (χ0) is 17.6. The Hall–Kier alpha value is -2.70. The third-order valence-electron chi connectivity index (χ3n) is 3.93. The first-order valence-electron chi connectivity index (χ1n) is 8.21. The summed E-state index contributed by atoms with van der Waals surface area (Å²) in [5, 5.41) is 13.6. The van der Waals surface area contributed by atoms with Crippen molar-refractivity contribution >= 4 is 16.9 Å². The molecule has 6 nitrogen and oxygen atoms in total. The molecule has 0 saturated heterocycles. The van der Waals surface area contributed by atoms with Crippen molar-refractivity contribution in [1.82, 2.24) is 9.97 Å². The summed E-state index contributed by atoms with van der Waals surface area (Å²) in [6.45, 7) is 2.35. The molecule has 0 aliphatic carbocycles. The van der Waals surface area contributed by atoms with E-state index < -0.39 is 6.10 Å². The molecule has 0 unspecified atom stereocenters. The molecule has 0 fully saturated rings. The van der Waals surface area contributed by atoms with E-state index in [1.54, 1.807) is 18.2 Å². The highest BCUT2D eigenvalue weighted by Gasteiger charge is 2.10. The lowest BCUT2D eigenvalue weighted by molar-refractivity contribution is 0.00238. The first-order valence-corrected chi connectivity index (χ1v) is 8.21. The molecule has 0 spiro atoms. The molecule has 0 bridgehead atoms. The molecule has 3 aromatic rings. The van der Waals surface area contributed by atoms with E-state index in [1.165, 1.54) is 0 Å². The van der Waals surface area contributed by atoms with Crippen LogP contribution in [0.5, 0.6) is 0 Å². The van der Waals surface area contributed by atoms with E-state index in [9.17, 15) is 9.90 Å². The predicted molar refractivity (Wildman–Crippen MR) is 97.7 cm³/mol. The van der Waals surface area contributed by atoms with Gasteiger partial charge in [-0.05, 0) is 24.6 Å². The number of aromatic nitrogens is 2. The van der Waals surface area contributed by atoms with Crippen LogP contribution in [-0.2, 0) is 4.74 Å². The Kier molecular flexibility index (Phi) is 5.42. The minimum atomic E-state index is -0.720. The van der Waals surface area contributed by atoms with Crippen molar-refractivity contribution in [3.63, 3.8) is 0 Å². The van der Waals surface area contributed by atoms with Gasteiger partial charge in [0.25, 0.3) is 5.56 Å². The summed E-state index contributed by atoms with van der Waals surface area (Å²) in [7, 11) is 0. The molecule has 6 heteroatoms. The van der Waals surface area contributed by atoms with Crippen molar-refractivity contribution in [3.05, 3.63) is 70.5 Å². The summed E-state index contributed by atoms with van der Waals surface area (Å²) in [6, 6.07) is 16.9. The lowest BCUT2D eigenvalue weighted by Gasteiger charge is -2.17. The van der Waals surface area contributed by atoms with Gasteiger partial charge in [0.05, 0.1) is 29.7 Å². The van der Waals surface area contributed by atoms with Crippen molar-refractivity contribution in [1.29, 1.82) is 0 Å². The number of hydrogen-bond acceptors (Lipinski definition) is 5. The molecule has 0 amide bonds. The normalized spacial score (nSPS) is 13.5. The van der Waals surface area contributed by atoms with E-state index in [0.29, 0.717) is 16.9 Å². The highest BCUT2D eigenvalue weighted by Crippen LogP contribution is 2.16. The Balaban J connectivity index is 1.54. The second-order valence-corrected chi connectivity index (χ2v) is 5.85. The molecule has 130 valence electrons. The average molecular weight is 339 g/mol. The van der Waals surface area contributed by atoms with Gasteiger partial charge in [0.15, 0.2) is 0 Å². The number of fused-ring (bicyclic) bond motifs is 1. The minimum Gasteiger partial charge on any atom is -0.389 e. The van der Waals surface area contributed by atoms with Gasteiger partial charge in [-0.15, -0.1) is 0 Å². The molecule has 1 heterocycles. The summed E-state index contributed by atoms with van der Waals surface area (Å²) in [5.74, 6) is 0.332. The number of ether oxygens (including phenoxy) is 1. The van der Waals surface area contributed by atoms with Crippen LogP contribution in [0.1, 0.15) is 18.6 Å². The molecule has 0 saturated carbocycles. The molecule has 1 aromatic heterocycles. The Morgan fingerprint density at radius 2 is 1.88 bits per heavy atom. The molecule has 25 heavy (non-hydrogen) atoms. The van der Waals surface area contributed by atoms with Gasteiger partial charge in [0.2, 0.25) is 5.95 Å². The molecular weight excluding hydrogens is 318 g/mol. The largest absolute Gasteiger partial charge is 0.389 e. The molecule has 3 N–H and O–H groups in total. The number of anilines is 1. The summed E-state index contributed by atoms with van der Waals surface area (Å²) in [6.07, 6.45) is -0.822. The van der Waals surface area contributed by atoms with Crippen molar-refractivity contribution in [2.75, 3.05) is 18.5 Å². The van der Waals surface area contributed by atoms with E-state index in [0.717, 1.165) is 5.56 Å². The maximum atomic E-state index is 12.0. The van der Waals surface area contributed by atoms with Gasteiger partial charge in [-0.25, -0.2) is 4.98 Å². The quantitative estimate of drug-likeness (QED) is 0.615. The Labute approximate surface area is 145 Å². The molecule has 2 aromatic carbocycles. The lowest BCUT2D eigenvalue weighted by atomic mass is 10.1. The molecule has 0 aliphatic rings. The topological polar surface area (TPSA) is 87.2 Å². The summed E-state index contributed by atoms with van der Waals surface area (Å²) >= 11 is 0. The van der Waals surface area contributed by atoms with Gasteiger partial charge >= 0.3 is 0 Å². The fraction of sp³-hybridized carbons (Fsp3) is 0.263. The van der Waals surface area contributed by atoms with E-state index in [2.05, 4.69) is 15.3 Å². The predicted octanol–water partition coefficient (Wildman–Crippen LogP) is 2.47. The van der Waals surface area contributed by atoms with Crippen LogP contribution in [0.15, 0.2) is 59.4 Å². The van der Waals surface area contributed by atoms with Crippen LogP contribution in [0.25, 0.3) is 10.9 Å². The first kappa shape index (κ1) is 17.1. The van der Waals surface area contributed by atoms with Crippen LogP contribution >= 0.6 is 0 Å². The number of para-hydroxylation sites is 1. The highest BCUT2D eigenvalue weighted by atomic mass is 16.5. The number of nitrogens with one attached hydrogen (secondary N) is 2. The highest BCUT2D eigenvalue weighted by molar-refractivity contribution is 5.78. The van der Waals surface area contributed by atoms with Crippen LogP contribution in [-0.4, -0.2) is 34.3 Å². The number of aromatic amines is 1. The van der Waals surface area contributed by atoms with Gasteiger partial charge in [-0.3, -0.25) is 9.78 Å². The van der Waals surface area contributed by atoms with Crippen LogP contribution in [0.4, 0.5) is 5.95 Å². The molecule has 0 radical (unpaired) electrons. The molecule has 3 rings (SSSR count). The monoisotopic (exact) mass is 339 g/mol. The number of benzene rings is 2. The molecular formula is C19H21N3O3. The van der Waals surface area contributed by atoms with Gasteiger partial charge in [-0.2, -0.15) is 0 Å². The minimum absolute atomic E-state index is 0.102. The maximum Gasteiger partial charge on any atom is 0.260 e. The van der Waals surface area contributed by atoms with Gasteiger partial charge in [0.1, 0.15) is 0 Å². The van der Waals surface area contributed by atoms with Crippen LogP contribution < -0.4 is 10.9 Å². The number of aliphatic hydroxyl groups excluding tert-OH is 1. The number of H-pyrrole nitrogens is 1. The second-order valence-electron chi connectivity index (χ2n) is 5.85. The summed E-state index contributed by atoms with van der Waals surface area (Å²) in [4.78, 5) is 19.0. The zero-order valence-electron chi connectivity index (χ0n) is 14.0. The smallest absolute Gasteiger partial charge is 0.260 e. The Morgan fingerprint density at radius 3 is 2.68 bits per heavy atom. The third kappa shape index (κ3) is 4.43. The van der Waals surface area contributed by atoms with Crippen molar-refractivity contribution in [3.8, 4) is 0 Å². The number of hydrogen-bond donors (Lipinski definition) is 3. The maximum absolute atomic E-state index is 12.0. The van der Waals surface area contributed by atoms with Crippen LogP contribution in [0, 0.1) is 0 Å². The first-order chi connectivity index (χ1) is 12.1. The van der Waals surface area contributed by atoms with Crippen LogP contribution in [0.3, 0.4) is 0 Å². The van der Waals surface area contributed by atoms with Crippen molar-refractivity contribution < 1.29 is 9.84 Å². The average Bonchev–Trinajstić information content (AvgIpc) is 2.65. The Bertz CT molecular complexity index is 880. The van der Waals surface area contributed by atoms with E-state index in [1.807, 2.05) is 43.3 Å². The zero-order valence-corrected chi connectivity index (χ0v) is 14.0. The number of nitrogens with zero attached hydrogens (tertiary/aromatic N) is 1. The summed E-state index contributed by atoms with van der Waals surface area (Å²) in [5.41, 5.74) is 1.46. The van der Waals surface area contributed by atoms with E-state index >= 15 is 0 Å². The fourth-order valence-corrected chi connectivity index (χ4v) is 2.52. The van der Waals surface area contributed by atoms with Crippen molar-refractivity contribution in [2.24, 2.45) is 0 Å². The SMILES string of the molecule is C[C@@H](OC[C@H](O)CNc1nc2ccccc2c(=O)[nH]1)c1ccccc1. The Morgan fingerprint density at radius 1 is 1.16 bits per heavy atom. The third-order valence-corrected chi connectivity index (χ3v) is 3.93. The standard InChI is InChI=1S/C19H21N3O3/c1-13(14-7-3-2-4-8-14)25-12-15(23)11-20-19-21-17-10-6-5-9-16(17)18(24)22-19/h2-10,13,15,23H,11-12H2,1H3,(H2,20,21,22,24)/t13-,15-/m1/s1. The fourth-order valence-electron chi connectivity index (χ4n) is 2.52. The van der Waals surface area contributed by atoms with Crippen LogP contribution in [0.2, 0.25) is 0 Å². The van der Waals surface area contributed by atoms with Gasteiger partial charge in [-0.1, -0.05) is 42.5 Å². The number of aliphatic hydroxyl groups is 1. The van der Waals surface area contributed by atoms with E-state index in [4.69, 9.17) is 4.74 Å². The number of rotatable bonds is 7. The van der Waals surface area contributed by atoms with Gasteiger partial charge < -0.3 is 15.2 Å². The van der Waals surface area contributed by atoms with Gasteiger partial charge in [0, 0.05) is 6.54 Å². The lowest BCUT2D eigenvalue weighted by Crippen LogP contribution is -2.27.